The van der Waals surface area contributed by atoms with Gasteiger partial charge in [0, 0.05) is 24.1 Å². The molecule has 8 heteroatoms. The average molecular weight is 284 g/mol. The molecule has 1 unspecified atom stereocenters. The minimum Gasteiger partial charge on any atom is -0.381 e. The van der Waals surface area contributed by atoms with Crippen molar-refractivity contribution in [2.24, 2.45) is 5.92 Å². The fourth-order valence-corrected chi connectivity index (χ4v) is 3.05. The number of anilines is 1. The van der Waals surface area contributed by atoms with Crippen LogP contribution in [-0.4, -0.2) is 36.4 Å². The monoisotopic (exact) mass is 284 g/mol. The Labute approximate surface area is 113 Å². The number of pyridine rings is 1. The first kappa shape index (κ1) is 14.5. The molecule has 0 aliphatic carbocycles. The van der Waals surface area contributed by atoms with Gasteiger partial charge in [-0.1, -0.05) is 6.92 Å². The zero-order valence-electron chi connectivity index (χ0n) is 11.0. The van der Waals surface area contributed by atoms with E-state index in [1.165, 1.54) is 12.4 Å². The molecule has 0 bridgehead atoms. The number of nitrogens with one attached hydrogen (secondary N) is 1. The normalized spacial score (nSPS) is 29.9. The Bertz CT molecular complexity index is 461. The summed E-state index contributed by atoms with van der Waals surface area (Å²) in [6.45, 7) is 2.16. The molecular formula is C11H18BN2O4P. The molecule has 1 aliphatic heterocycles. The highest BCUT2D eigenvalue weighted by Gasteiger charge is 2.32. The molecule has 2 heterocycles. The van der Waals surface area contributed by atoms with Crippen LogP contribution in [0.5, 0.6) is 0 Å². The first-order chi connectivity index (χ1) is 8.96. The van der Waals surface area contributed by atoms with E-state index in [2.05, 4.69) is 17.0 Å². The molecule has 0 radical (unpaired) electrons. The average Bonchev–Trinajstić information content (AvgIpc) is 2.66. The summed E-state index contributed by atoms with van der Waals surface area (Å²) in [5.41, 5.74) is 0.495. The van der Waals surface area contributed by atoms with Gasteiger partial charge in [0.05, 0.1) is 12.7 Å². The van der Waals surface area contributed by atoms with Gasteiger partial charge < -0.3 is 9.63 Å². The quantitative estimate of drug-likeness (QED) is 0.620. The van der Waals surface area contributed by atoms with Gasteiger partial charge in [-0.25, -0.2) is 4.57 Å². The van der Waals surface area contributed by atoms with Gasteiger partial charge in [-0.3, -0.25) is 14.6 Å². The molecule has 19 heavy (non-hydrogen) atoms. The molecular weight excluding hydrogens is 266 g/mol. The van der Waals surface area contributed by atoms with Gasteiger partial charge in [0.2, 0.25) is 0 Å². The van der Waals surface area contributed by atoms with Gasteiger partial charge in [-0.2, -0.15) is 0 Å². The minimum absolute atomic E-state index is 0.109. The topological polar surface area (TPSA) is 80.7 Å². The molecule has 1 saturated heterocycles. The van der Waals surface area contributed by atoms with Crippen LogP contribution in [-0.2, 0) is 13.8 Å². The van der Waals surface area contributed by atoms with Crippen molar-refractivity contribution < 1.29 is 18.7 Å². The number of hydrogen-bond donors (Lipinski definition) is 2. The minimum atomic E-state index is -3.87. The van der Waals surface area contributed by atoms with Crippen LogP contribution in [0.15, 0.2) is 24.5 Å². The van der Waals surface area contributed by atoms with Gasteiger partial charge in [0.15, 0.2) is 0 Å². The van der Waals surface area contributed by atoms with Crippen molar-refractivity contribution in [2.45, 2.75) is 25.5 Å². The van der Waals surface area contributed by atoms with E-state index in [9.17, 15) is 9.46 Å². The van der Waals surface area contributed by atoms with Gasteiger partial charge >= 0.3 is 7.75 Å². The first-order valence-electron chi connectivity index (χ1n) is 6.27. The van der Waals surface area contributed by atoms with Crippen molar-refractivity contribution in [1.82, 2.24) is 4.98 Å². The van der Waals surface area contributed by atoms with Crippen molar-refractivity contribution in [3.8, 4) is 0 Å². The second kappa shape index (κ2) is 6.05. The number of hydrogen-bond acceptors (Lipinski definition) is 4. The lowest BCUT2D eigenvalue weighted by molar-refractivity contribution is 0.0343. The Morgan fingerprint density at radius 2 is 2.32 bits per heavy atom. The van der Waals surface area contributed by atoms with E-state index in [1.807, 2.05) is 7.85 Å². The highest BCUT2D eigenvalue weighted by atomic mass is 31.2. The summed E-state index contributed by atoms with van der Waals surface area (Å²) in [6.07, 6.45) is 3.88. The molecule has 1 aromatic heterocycles. The van der Waals surface area contributed by atoms with Crippen LogP contribution in [0.1, 0.15) is 13.3 Å². The highest BCUT2D eigenvalue weighted by Crippen LogP contribution is 2.42. The van der Waals surface area contributed by atoms with Crippen molar-refractivity contribution in [3.05, 3.63) is 24.5 Å². The summed E-state index contributed by atoms with van der Waals surface area (Å²) in [4.78, 5) is 13.6. The zero-order valence-corrected chi connectivity index (χ0v) is 11.9. The van der Waals surface area contributed by atoms with Crippen molar-refractivity contribution in [2.75, 3.05) is 11.7 Å². The first-order valence-corrected chi connectivity index (χ1v) is 7.85. The third-order valence-corrected chi connectivity index (χ3v) is 4.15. The van der Waals surface area contributed by atoms with Crippen LogP contribution in [0.4, 0.5) is 5.69 Å². The number of rotatable bonds is 5. The lowest BCUT2D eigenvalue weighted by Crippen LogP contribution is -2.21. The van der Waals surface area contributed by atoms with Crippen molar-refractivity contribution in [1.29, 1.82) is 0 Å². The summed E-state index contributed by atoms with van der Waals surface area (Å²) >= 11 is 0. The fraction of sp³-hybridized carbons (Fsp3) is 0.545. The summed E-state index contributed by atoms with van der Waals surface area (Å²) in [7, 11) is -1.88. The SMILES string of the molecule is B[C@H]1C[C@@H](C)[C@@H](COP(=O)(O)Nc2ccncc2)O1. The maximum Gasteiger partial charge on any atom is 0.430 e. The molecule has 1 aromatic rings. The van der Waals surface area contributed by atoms with Gasteiger partial charge in [0.1, 0.15) is 7.85 Å². The van der Waals surface area contributed by atoms with Crippen LogP contribution in [0.25, 0.3) is 0 Å². The van der Waals surface area contributed by atoms with E-state index in [0.717, 1.165) is 6.42 Å². The van der Waals surface area contributed by atoms with Crippen LogP contribution < -0.4 is 5.09 Å². The smallest absolute Gasteiger partial charge is 0.381 e. The van der Waals surface area contributed by atoms with E-state index in [-0.39, 0.29) is 18.7 Å². The maximum absolute atomic E-state index is 11.9. The van der Waals surface area contributed by atoms with Crippen LogP contribution in [0.3, 0.4) is 0 Å². The van der Waals surface area contributed by atoms with Gasteiger partial charge in [-0.15, -0.1) is 0 Å². The second-order valence-electron chi connectivity index (χ2n) is 4.86. The summed E-state index contributed by atoms with van der Waals surface area (Å²) in [5.74, 6) is 0.330. The van der Waals surface area contributed by atoms with E-state index < -0.39 is 7.75 Å². The third kappa shape index (κ3) is 4.32. The molecule has 4 atom stereocenters. The lowest BCUT2D eigenvalue weighted by Gasteiger charge is -2.19. The van der Waals surface area contributed by atoms with Crippen molar-refractivity contribution in [3.63, 3.8) is 0 Å². The maximum atomic E-state index is 11.9. The standard InChI is InChI=1S/C11H18BN2O4P/c1-8-6-11(12)18-10(8)7-17-19(15,16)14-9-2-4-13-5-3-9/h2-5,8,10-11H,6-7,12H2,1H3,(H2,13,14,15,16)/t8-,10-,11-/m1/s1. The molecule has 0 spiro atoms. The third-order valence-electron chi connectivity index (χ3n) is 3.11. The van der Waals surface area contributed by atoms with E-state index >= 15 is 0 Å². The Hall–Kier alpha value is -0.875. The molecule has 1 aliphatic rings. The zero-order chi connectivity index (χ0) is 13.9. The van der Waals surface area contributed by atoms with E-state index in [4.69, 9.17) is 9.26 Å². The largest absolute Gasteiger partial charge is 0.430 e. The number of nitrogens with zero attached hydrogens (tertiary/aromatic N) is 1. The Morgan fingerprint density at radius 3 is 2.89 bits per heavy atom. The summed E-state index contributed by atoms with van der Waals surface area (Å²) < 4.78 is 22.6. The molecule has 2 rings (SSSR count). The van der Waals surface area contributed by atoms with Gasteiger partial charge in [-0.05, 0) is 24.5 Å². The molecule has 104 valence electrons. The Morgan fingerprint density at radius 1 is 1.63 bits per heavy atom. The summed E-state index contributed by atoms with van der Waals surface area (Å²) in [6, 6.07) is 3.38. The molecule has 2 N–H and O–H groups in total. The molecule has 6 nitrogen and oxygen atoms in total. The van der Waals surface area contributed by atoms with Crippen LogP contribution in [0, 0.1) is 5.92 Å². The van der Waals surface area contributed by atoms with E-state index in [0.29, 0.717) is 11.6 Å². The Balaban J connectivity index is 1.86. The predicted octanol–water partition coefficient (Wildman–Crippen LogP) is 0.995. The Kier molecular flexibility index (Phi) is 4.63. The fourth-order valence-electron chi connectivity index (χ4n) is 2.16. The highest BCUT2D eigenvalue weighted by molar-refractivity contribution is 7.54. The predicted molar refractivity (Wildman–Crippen MR) is 74.6 cm³/mol. The molecule has 0 aromatic carbocycles. The van der Waals surface area contributed by atoms with Crippen LogP contribution in [0.2, 0.25) is 0 Å². The lowest BCUT2D eigenvalue weighted by atomic mass is 9.92. The second-order valence-corrected chi connectivity index (χ2v) is 6.38. The molecule has 0 saturated carbocycles. The van der Waals surface area contributed by atoms with E-state index in [1.54, 1.807) is 12.1 Å². The molecule has 0 amide bonds. The molecule has 1 fully saturated rings. The van der Waals surface area contributed by atoms with Crippen LogP contribution >= 0.6 is 7.75 Å². The number of ether oxygens (including phenoxy) is 1. The summed E-state index contributed by atoms with van der Waals surface area (Å²) in [5, 5.41) is 2.46. The number of aromatic nitrogens is 1. The van der Waals surface area contributed by atoms with Gasteiger partial charge in [0.25, 0.3) is 0 Å². The van der Waals surface area contributed by atoms with Crippen molar-refractivity contribution >= 4 is 21.3 Å².